The van der Waals surface area contributed by atoms with E-state index in [0.29, 0.717) is 6.61 Å². The number of carbonyl (C=O) groups is 1. The lowest BCUT2D eigenvalue weighted by Gasteiger charge is -2.23. The lowest BCUT2D eigenvalue weighted by atomic mass is 10.1. The Morgan fingerprint density at radius 2 is 2.00 bits per heavy atom. The van der Waals surface area contributed by atoms with Crippen LogP contribution >= 0.6 is 0 Å². The summed E-state index contributed by atoms with van der Waals surface area (Å²) in [5, 5.41) is 0. The second kappa shape index (κ2) is 6.20. The van der Waals surface area contributed by atoms with Gasteiger partial charge in [-0.05, 0) is 45.7 Å². The highest BCUT2D eigenvalue weighted by Gasteiger charge is 2.31. The minimum Gasteiger partial charge on any atom is -0.465 e. The van der Waals surface area contributed by atoms with Gasteiger partial charge in [-0.15, -0.1) is 0 Å². The zero-order valence-corrected chi connectivity index (χ0v) is 12.1. The van der Waals surface area contributed by atoms with E-state index in [2.05, 4.69) is 36.9 Å². The average Bonchev–Trinajstić information content (AvgIpc) is 2.76. The van der Waals surface area contributed by atoms with Gasteiger partial charge in [0.15, 0.2) is 0 Å². The summed E-state index contributed by atoms with van der Waals surface area (Å²) in [6.45, 7) is 8.38. The molecule has 3 nitrogen and oxygen atoms in total. The lowest BCUT2D eigenvalue weighted by molar-refractivity contribution is -0.148. The molecule has 1 aromatic rings. The standard InChI is InChI=1S/C16H23NO2/c1-4-19-16(18)15-6-5-7-17(15)11-14-9-12(2)8-13(3)10-14/h8-10,15H,4-7,11H2,1-3H3. The highest BCUT2D eigenvalue weighted by atomic mass is 16.5. The maximum absolute atomic E-state index is 11.9. The van der Waals surface area contributed by atoms with Crippen molar-refractivity contribution < 1.29 is 9.53 Å². The molecule has 1 aliphatic heterocycles. The molecule has 0 saturated carbocycles. The maximum Gasteiger partial charge on any atom is 0.323 e. The summed E-state index contributed by atoms with van der Waals surface area (Å²) < 4.78 is 5.16. The van der Waals surface area contributed by atoms with Gasteiger partial charge in [-0.1, -0.05) is 29.3 Å². The smallest absolute Gasteiger partial charge is 0.323 e. The fourth-order valence-electron chi connectivity index (χ4n) is 2.92. The van der Waals surface area contributed by atoms with Crippen molar-refractivity contribution >= 4 is 5.97 Å². The first-order chi connectivity index (χ1) is 9.10. The number of benzene rings is 1. The van der Waals surface area contributed by atoms with Crippen molar-refractivity contribution in [2.24, 2.45) is 0 Å². The maximum atomic E-state index is 11.9. The number of aryl methyl sites for hydroxylation is 2. The van der Waals surface area contributed by atoms with E-state index >= 15 is 0 Å². The van der Waals surface area contributed by atoms with Gasteiger partial charge in [0.2, 0.25) is 0 Å². The van der Waals surface area contributed by atoms with Gasteiger partial charge in [0.05, 0.1) is 6.61 Å². The molecule has 0 N–H and O–H groups in total. The second-order valence-electron chi connectivity index (χ2n) is 5.38. The number of ether oxygens (including phenoxy) is 1. The largest absolute Gasteiger partial charge is 0.465 e. The zero-order chi connectivity index (χ0) is 13.8. The second-order valence-corrected chi connectivity index (χ2v) is 5.38. The van der Waals surface area contributed by atoms with Crippen molar-refractivity contribution in [2.45, 2.75) is 46.2 Å². The normalized spacial score (nSPS) is 19.6. The number of hydrogen-bond acceptors (Lipinski definition) is 3. The van der Waals surface area contributed by atoms with E-state index in [9.17, 15) is 4.79 Å². The molecule has 1 fully saturated rings. The van der Waals surface area contributed by atoms with E-state index in [1.165, 1.54) is 16.7 Å². The molecule has 19 heavy (non-hydrogen) atoms. The van der Waals surface area contributed by atoms with Crippen molar-refractivity contribution in [3.05, 3.63) is 34.9 Å². The zero-order valence-electron chi connectivity index (χ0n) is 12.1. The summed E-state index contributed by atoms with van der Waals surface area (Å²) in [6, 6.07) is 6.53. The first-order valence-electron chi connectivity index (χ1n) is 7.08. The van der Waals surface area contributed by atoms with E-state index in [1.54, 1.807) is 0 Å². The van der Waals surface area contributed by atoms with Crippen LogP contribution in [0.2, 0.25) is 0 Å². The molecule has 0 aliphatic carbocycles. The lowest BCUT2D eigenvalue weighted by Crippen LogP contribution is -2.36. The minimum atomic E-state index is -0.0654. The van der Waals surface area contributed by atoms with Gasteiger partial charge in [0, 0.05) is 6.54 Å². The molecule has 0 amide bonds. The third-order valence-electron chi connectivity index (χ3n) is 3.59. The molecule has 1 unspecified atom stereocenters. The fourth-order valence-corrected chi connectivity index (χ4v) is 2.92. The third-order valence-corrected chi connectivity index (χ3v) is 3.59. The highest BCUT2D eigenvalue weighted by molar-refractivity contribution is 5.76. The Morgan fingerprint density at radius 3 is 2.63 bits per heavy atom. The van der Waals surface area contributed by atoms with Gasteiger partial charge in [-0.25, -0.2) is 0 Å². The highest BCUT2D eigenvalue weighted by Crippen LogP contribution is 2.22. The summed E-state index contributed by atoms with van der Waals surface area (Å²) in [6.07, 6.45) is 2.00. The van der Waals surface area contributed by atoms with Crippen LogP contribution in [0, 0.1) is 13.8 Å². The number of likely N-dealkylation sites (tertiary alicyclic amines) is 1. The monoisotopic (exact) mass is 261 g/mol. The molecule has 1 heterocycles. The number of hydrogen-bond donors (Lipinski definition) is 0. The molecule has 1 aliphatic rings. The predicted molar refractivity (Wildman–Crippen MR) is 76.0 cm³/mol. The van der Waals surface area contributed by atoms with Crippen LogP contribution in [0.5, 0.6) is 0 Å². The number of esters is 1. The van der Waals surface area contributed by atoms with Crippen LogP contribution in [0.25, 0.3) is 0 Å². The number of nitrogens with zero attached hydrogens (tertiary/aromatic N) is 1. The van der Waals surface area contributed by atoms with Crippen LogP contribution < -0.4 is 0 Å². The van der Waals surface area contributed by atoms with Crippen molar-refractivity contribution in [2.75, 3.05) is 13.2 Å². The van der Waals surface area contributed by atoms with E-state index < -0.39 is 0 Å². The molecule has 1 saturated heterocycles. The van der Waals surface area contributed by atoms with E-state index in [-0.39, 0.29) is 12.0 Å². The van der Waals surface area contributed by atoms with E-state index in [4.69, 9.17) is 4.74 Å². The van der Waals surface area contributed by atoms with E-state index in [0.717, 1.165) is 25.9 Å². The SMILES string of the molecule is CCOC(=O)C1CCCN1Cc1cc(C)cc(C)c1. The van der Waals surface area contributed by atoms with Crippen LogP contribution in [0.15, 0.2) is 18.2 Å². The summed E-state index contributed by atoms with van der Waals surface area (Å²) >= 11 is 0. The first-order valence-corrected chi connectivity index (χ1v) is 7.08. The Labute approximate surface area is 115 Å². The molecule has 1 aromatic carbocycles. The number of rotatable bonds is 4. The topological polar surface area (TPSA) is 29.5 Å². The Kier molecular flexibility index (Phi) is 4.59. The Morgan fingerprint density at radius 1 is 1.32 bits per heavy atom. The van der Waals surface area contributed by atoms with Crippen molar-refractivity contribution in [1.29, 1.82) is 0 Å². The minimum absolute atomic E-state index is 0.0548. The van der Waals surface area contributed by atoms with Crippen LogP contribution in [0.4, 0.5) is 0 Å². The van der Waals surface area contributed by atoms with Gasteiger partial charge < -0.3 is 4.74 Å². The van der Waals surface area contributed by atoms with Crippen LogP contribution in [0.1, 0.15) is 36.5 Å². The van der Waals surface area contributed by atoms with Crippen molar-refractivity contribution in [3.8, 4) is 0 Å². The molecule has 3 heteroatoms. The summed E-state index contributed by atoms with van der Waals surface area (Å²) in [7, 11) is 0. The Hall–Kier alpha value is -1.35. The molecule has 0 aromatic heterocycles. The summed E-state index contributed by atoms with van der Waals surface area (Å²) in [4.78, 5) is 14.2. The summed E-state index contributed by atoms with van der Waals surface area (Å²) in [5.41, 5.74) is 3.84. The Bertz CT molecular complexity index is 436. The molecule has 0 bridgehead atoms. The van der Waals surface area contributed by atoms with Crippen LogP contribution in [-0.4, -0.2) is 30.1 Å². The third kappa shape index (κ3) is 3.57. The van der Waals surface area contributed by atoms with Crippen molar-refractivity contribution in [1.82, 2.24) is 4.90 Å². The van der Waals surface area contributed by atoms with Crippen molar-refractivity contribution in [3.63, 3.8) is 0 Å². The van der Waals surface area contributed by atoms with Gasteiger partial charge in [-0.3, -0.25) is 9.69 Å². The molecular formula is C16H23NO2. The fraction of sp³-hybridized carbons (Fsp3) is 0.562. The molecule has 1 atom stereocenters. The van der Waals surface area contributed by atoms with Gasteiger partial charge in [0.25, 0.3) is 0 Å². The molecule has 0 radical (unpaired) electrons. The van der Waals surface area contributed by atoms with Gasteiger partial charge >= 0.3 is 5.97 Å². The number of carbonyl (C=O) groups excluding carboxylic acids is 1. The Balaban J connectivity index is 2.06. The van der Waals surface area contributed by atoms with Gasteiger partial charge in [-0.2, -0.15) is 0 Å². The van der Waals surface area contributed by atoms with Gasteiger partial charge in [0.1, 0.15) is 6.04 Å². The predicted octanol–water partition coefficient (Wildman–Crippen LogP) is 2.83. The summed E-state index contributed by atoms with van der Waals surface area (Å²) in [5.74, 6) is -0.0654. The average molecular weight is 261 g/mol. The van der Waals surface area contributed by atoms with Crippen LogP contribution in [-0.2, 0) is 16.1 Å². The molecule has 104 valence electrons. The quantitative estimate of drug-likeness (QED) is 0.781. The van der Waals surface area contributed by atoms with E-state index in [1.807, 2.05) is 6.92 Å². The molecule has 0 spiro atoms. The molecular weight excluding hydrogens is 238 g/mol. The first kappa shape index (κ1) is 14.1. The molecule has 2 rings (SSSR count). The van der Waals surface area contributed by atoms with Crippen LogP contribution in [0.3, 0.4) is 0 Å².